The molecular weight excluding hydrogens is 242 g/mol. The van der Waals surface area contributed by atoms with Crippen LogP contribution in [-0.4, -0.2) is 42.6 Å². The normalized spacial score (nSPS) is 10.7. The molecule has 5 nitrogen and oxygen atoms in total. The van der Waals surface area contributed by atoms with E-state index in [1.165, 1.54) is 0 Å². The molecule has 0 radical (unpaired) electrons. The van der Waals surface area contributed by atoms with Crippen LogP contribution in [0.3, 0.4) is 0 Å². The van der Waals surface area contributed by atoms with E-state index in [2.05, 4.69) is 11.8 Å². The van der Waals surface area contributed by atoms with Crippen molar-refractivity contribution in [3.05, 3.63) is 29.3 Å². The number of hydrogen-bond donors (Lipinski definition) is 3. The first-order chi connectivity index (χ1) is 9.12. The fourth-order valence-corrected chi connectivity index (χ4v) is 1.96. The van der Waals surface area contributed by atoms with Gasteiger partial charge in [0.1, 0.15) is 11.6 Å². The second-order valence-corrected chi connectivity index (χ2v) is 4.39. The maximum atomic E-state index is 8.87. The summed E-state index contributed by atoms with van der Waals surface area (Å²) in [4.78, 5) is 2.25. The number of hydrogen-bond acceptors (Lipinski definition) is 4. The van der Waals surface area contributed by atoms with Crippen molar-refractivity contribution in [2.45, 2.75) is 19.9 Å². The van der Waals surface area contributed by atoms with E-state index in [0.717, 1.165) is 31.6 Å². The van der Waals surface area contributed by atoms with Crippen LogP contribution in [0.2, 0.25) is 0 Å². The van der Waals surface area contributed by atoms with Crippen molar-refractivity contribution in [2.24, 2.45) is 5.73 Å². The maximum absolute atomic E-state index is 8.87. The minimum absolute atomic E-state index is 0.0102. The number of amidine groups is 1. The first-order valence-corrected chi connectivity index (χ1v) is 6.46. The number of aliphatic hydroxyl groups excluding tert-OH is 1. The summed E-state index contributed by atoms with van der Waals surface area (Å²) in [5, 5.41) is 16.4. The predicted octanol–water partition coefficient (Wildman–Crippen LogP) is 1.18. The van der Waals surface area contributed by atoms with Gasteiger partial charge >= 0.3 is 0 Å². The van der Waals surface area contributed by atoms with Gasteiger partial charge in [0.15, 0.2) is 0 Å². The third-order valence-electron chi connectivity index (χ3n) is 3.04. The Morgan fingerprint density at radius 1 is 1.47 bits per heavy atom. The van der Waals surface area contributed by atoms with E-state index >= 15 is 0 Å². The molecule has 106 valence electrons. The van der Waals surface area contributed by atoms with Gasteiger partial charge in [0.05, 0.1) is 12.7 Å². The fourth-order valence-electron chi connectivity index (χ4n) is 1.96. The quantitative estimate of drug-likeness (QED) is 0.487. The first-order valence-electron chi connectivity index (χ1n) is 6.46. The summed E-state index contributed by atoms with van der Waals surface area (Å²) in [7, 11) is 1.58. The van der Waals surface area contributed by atoms with Gasteiger partial charge in [-0.1, -0.05) is 13.0 Å². The van der Waals surface area contributed by atoms with Crippen molar-refractivity contribution in [3.63, 3.8) is 0 Å². The van der Waals surface area contributed by atoms with Gasteiger partial charge in [-0.15, -0.1) is 0 Å². The van der Waals surface area contributed by atoms with Gasteiger partial charge in [-0.3, -0.25) is 10.3 Å². The number of nitrogens with one attached hydrogen (secondary N) is 1. The molecule has 1 rings (SSSR count). The standard InChI is InChI=1S/C14H23N3O2/c1-3-17(7-4-8-18)10-11-5-6-12(14(15)16)13(9-11)19-2/h5-6,9,18H,3-4,7-8,10H2,1-2H3,(H3,15,16). The van der Waals surface area contributed by atoms with Gasteiger partial charge in [0.25, 0.3) is 0 Å². The zero-order valence-electron chi connectivity index (χ0n) is 11.6. The molecule has 1 aromatic rings. The topological polar surface area (TPSA) is 82.6 Å². The van der Waals surface area contributed by atoms with Gasteiger partial charge in [-0.25, -0.2) is 0 Å². The van der Waals surface area contributed by atoms with Crippen LogP contribution in [0.1, 0.15) is 24.5 Å². The van der Waals surface area contributed by atoms with Crippen molar-refractivity contribution in [1.29, 1.82) is 5.41 Å². The lowest BCUT2D eigenvalue weighted by Crippen LogP contribution is -2.24. The monoisotopic (exact) mass is 265 g/mol. The average Bonchev–Trinajstić information content (AvgIpc) is 2.42. The minimum Gasteiger partial charge on any atom is -0.496 e. The molecular formula is C14H23N3O2. The Morgan fingerprint density at radius 3 is 2.74 bits per heavy atom. The molecule has 0 fully saturated rings. The second kappa shape index (κ2) is 7.76. The van der Waals surface area contributed by atoms with Crippen molar-refractivity contribution in [1.82, 2.24) is 4.90 Å². The van der Waals surface area contributed by atoms with Gasteiger partial charge in [-0.05, 0) is 30.7 Å². The fraction of sp³-hybridized carbons (Fsp3) is 0.500. The summed E-state index contributed by atoms with van der Waals surface area (Å²) in [6.07, 6.45) is 0.774. The van der Waals surface area contributed by atoms with Crippen LogP contribution in [-0.2, 0) is 6.54 Å². The maximum Gasteiger partial charge on any atom is 0.130 e. The van der Waals surface area contributed by atoms with E-state index in [-0.39, 0.29) is 12.4 Å². The molecule has 0 unspecified atom stereocenters. The van der Waals surface area contributed by atoms with E-state index in [0.29, 0.717) is 11.3 Å². The molecule has 0 amide bonds. The number of methoxy groups -OCH3 is 1. The van der Waals surface area contributed by atoms with Crippen molar-refractivity contribution in [3.8, 4) is 5.75 Å². The van der Waals surface area contributed by atoms with Crippen LogP contribution in [0.4, 0.5) is 0 Å². The number of nitrogens with zero attached hydrogens (tertiary/aromatic N) is 1. The third kappa shape index (κ3) is 4.54. The van der Waals surface area contributed by atoms with Gasteiger partial charge in [0.2, 0.25) is 0 Å². The molecule has 0 saturated heterocycles. The zero-order valence-corrected chi connectivity index (χ0v) is 11.6. The number of ether oxygens (including phenoxy) is 1. The Labute approximate surface area is 114 Å². The highest BCUT2D eigenvalue weighted by atomic mass is 16.5. The van der Waals surface area contributed by atoms with Crippen LogP contribution < -0.4 is 10.5 Å². The highest BCUT2D eigenvalue weighted by Gasteiger charge is 2.09. The van der Waals surface area contributed by atoms with E-state index in [1.807, 2.05) is 18.2 Å². The molecule has 5 heteroatoms. The lowest BCUT2D eigenvalue weighted by molar-refractivity contribution is 0.225. The third-order valence-corrected chi connectivity index (χ3v) is 3.04. The summed E-state index contributed by atoms with van der Waals surface area (Å²) < 4.78 is 5.26. The Kier molecular flexibility index (Phi) is 6.32. The zero-order chi connectivity index (χ0) is 14.3. The van der Waals surface area contributed by atoms with Crippen molar-refractivity contribution in [2.75, 3.05) is 26.8 Å². The molecule has 1 aromatic carbocycles. The van der Waals surface area contributed by atoms with E-state index in [9.17, 15) is 0 Å². The molecule has 19 heavy (non-hydrogen) atoms. The van der Waals surface area contributed by atoms with Crippen molar-refractivity contribution < 1.29 is 9.84 Å². The van der Waals surface area contributed by atoms with Crippen LogP contribution in [0.25, 0.3) is 0 Å². The number of nitrogen functional groups attached to an aromatic ring is 1. The number of aliphatic hydroxyl groups is 1. The Balaban J connectivity index is 2.81. The highest BCUT2D eigenvalue weighted by molar-refractivity contribution is 5.97. The van der Waals surface area contributed by atoms with Crippen LogP contribution in [0.15, 0.2) is 18.2 Å². The Hall–Kier alpha value is -1.59. The Morgan fingerprint density at radius 2 is 2.21 bits per heavy atom. The smallest absolute Gasteiger partial charge is 0.130 e. The van der Waals surface area contributed by atoms with Crippen LogP contribution >= 0.6 is 0 Å². The van der Waals surface area contributed by atoms with E-state index in [1.54, 1.807) is 7.11 Å². The summed E-state index contributed by atoms with van der Waals surface area (Å²) >= 11 is 0. The molecule has 4 N–H and O–H groups in total. The largest absolute Gasteiger partial charge is 0.496 e. The molecule has 0 spiro atoms. The van der Waals surface area contributed by atoms with Gasteiger partial charge in [0, 0.05) is 19.7 Å². The van der Waals surface area contributed by atoms with Crippen LogP contribution in [0.5, 0.6) is 5.75 Å². The average molecular weight is 265 g/mol. The Bertz CT molecular complexity index is 421. The van der Waals surface area contributed by atoms with E-state index < -0.39 is 0 Å². The van der Waals surface area contributed by atoms with E-state index in [4.69, 9.17) is 21.0 Å². The van der Waals surface area contributed by atoms with Gasteiger partial charge < -0.3 is 15.6 Å². The number of nitrogens with two attached hydrogens (primary N) is 1. The molecule has 0 saturated carbocycles. The lowest BCUT2D eigenvalue weighted by Gasteiger charge is -2.20. The molecule has 0 heterocycles. The van der Waals surface area contributed by atoms with Crippen molar-refractivity contribution >= 4 is 5.84 Å². The summed E-state index contributed by atoms with van der Waals surface area (Å²) in [5.74, 6) is 0.638. The summed E-state index contributed by atoms with van der Waals surface area (Å²) in [6.45, 7) is 4.90. The lowest BCUT2D eigenvalue weighted by atomic mass is 10.1. The van der Waals surface area contributed by atoms with Crippen LogP contribution in [0, 0.1) is 5.41 Å². The molecule has 0 aliphatic rings. The minimum atomic E-state index is 0.0102. The highest BCUT2D eigenvalue weighted by Crippen LogP contribution is 2.20. The molecule has 0 aliphatic carbocycles. The molecule has 0 bridgehead atoms. The molecule has 0 aromatic heterocycles. The second-order valence-electron chi connectivity index (χ2n) is 4.39. The van der Waals surface area contributed by atoms with Gasteiger partial charge in [-0.2, -0.15) is 0 Å². The SMILES string of the molecule is CCN(CCCO)Cc1ccc(C(=N)N)c(OC)c1. The number of benzene rings is 1. The molecule has 0 aliphatic heterocycles. The molecule has 0 atom stereocenters. The number of rotatable bonds is 8. The predicted molar refractivity (Wildman–Crippen MR) is 76.7 cm³/mol. The first kappa shape index (κ1) is 15.5. The summed E-state index contributed by atoms with van der Waals surface area (Å²) in [6, 6.07) is 5.69. The summed E-state index contributed by atoms with van der Waals surface area (Å²) in [5.41, 5.74) is 7.23.